The van der Waals surface area contributed by atoms with Crippen molar-refractivity contribution in [1.82, 2.24) is 15.1 Å². The first kappa shape index (κ1) is 14.9. The van der Waals surface area contributed by atoms with E-state index in [0.29, 0.717) is 18.0 Å². The zero-order valence-corrected chi connectivity index (χ0v) is 13.0. The molecule has 0 fully saturated rings. The summed E-state index contributed by atoms with van der Waals surface area (Å²) in [5.41, 5.74) is 3.45. The molecule has 6 heteroatoms. The Morgan fingerprint density at radius 2 is 2.04 bits per heavy atom. The van der Waals surface area contributed by atoms with E-state index in [1.54, 1.807) is 12.3 Å². The maximum atomic E-state index is 12.1. The van der Waals surface area contributed by atoms with Gasteiger partial charge in [-0.3, -0.25) is 0 Å². The first-order chi connectivity index (χ1) is 11.1. The maximum absolute atomic E-state index is 12.1. The SMILES string of the molecule is Cc1cc(C)n(-c2ccccc2NC(=O)NCc2ccco2)n1. The Hall–Kier alpha value is -3.02. The van der Waals surface area contributed by atoms with Gasteiger partial charge in [-0.2, -0.15) is 5.10 Å². The summed E-state index contributed by atoms with van der Waals surface area (Å²) in [6, 6.07) is 12.8. The van der Waals surface area contributed by atoms with Crippen molar-refractivity contribution >= 4 is 11.7 Å². The van der Waals surface area contributed by atoms with Crippen LogP contribution in [0.2, 0.25) is 0 Å². The maximum Gasteiger partial charge on any atom is 0.319 e. The molecule has 0 aliphatic rings. The highest BCUT2D eigenvalue weighted by atomic mass is 16.3. The molecule has 2 N–H and O–H groups in total. The molecule has 1 aromatic carbocycles. The number of carbonyl (C=O) groups is 1. The van der Waals surface area contributed by atoms with E-state index in [-0.39, 0.29) is 6.03 Å². The van der Waals surface area contributed by atoms with Crippen molar-refractivity contribution < 1.29 is 9.21 Å². The van der Waals surface area contributed by atoms with Crippen molar-refractivity contribution in [3.8, 4) is 5.69 Å². The van der Waals surface area contributed by atoms with Crippen molar-refractivity contribution in [3.05, 3.63) is 65.9 Å². The number of para-hydroxylation sites is 2. The lowest BCUT2D eigenvalue weighted by Crippen LogP contribution is -2.28. The summed E-state index contributed by atoms with van der Waals surface area (Å²) in [7, 11) is 0. The monoisotopic (exact) mass is 310 g/mol. The Labute approximate surface area is 134 Å². The van der Waals surface area contributed by atoms with Crippen LogP contribution in [0.3, 0.4) is 0 Å². The summed E-state index contributed by atoms with van der Waals surface area (Å²) in [5, 5.41) is 10.1. The molecule has 118 valence electrons. The zero-order chi connectivity index (χ0) is 16.2. The number of aromatic nitrogens is 2. The van der Waals surface area contributed by atoms with Crippen LogP contribution in [0.1, 0.15) is 17.1 Å². The molecule has 2 amide bonds. The van der Waals surface area contributed by atoms with E-state index in [9.17, 15) is 4.79 Å². The van der Waals surface area contributed by atoms with Crippen LogP contribution in [0, 0.1) is 13.8 Å². The summed E-state index contributed by atoms with van der Waals surface area (Å²) >= 11 is 0. The molecule has 0 atom stereocenters. The van der Waals surface area contributed by atoms with Gasteiger partial charge in [0.15, 0.2) is 0 Å². The molecule has 3 aromatic rings. The van der Waals surface area contributed by atoms with E-state index < -0.39 is 0 Å². The Kier molecular flexibility index (Phi) is 4.14. The second-order valence-electron chi connectivity index (χ2n) is 5.24. The number of anilines is 1. The standard InChI is InChI=1S/C17H18N4O2/c1-12-10-13(2)21(20-12)16-8-4-3-7-15(16)19-17(22)18-11-14-6-5-9-23-14/h3-10H,11H2,1-2H3,(H2,18,19,22). The fraction of sp³-hybridized carbons (Fsp3) is 0.176. The number of aryl methyl sites for hydroxylation is 2. The number of benzene rings is 1. The lowest BCUT2D eigenvalue weighted by atomic mass is 10.2. The van der Waals surface area contributed by atoms with Crippen LogP contribution in [0.15, 0.2) is 53.1 Å². The van der Waals surface area contributed by atoms with Crippen LogP contribution in [-0.2, 0) is 6.54 Å². The van der Waals surface area contributed by atoms with E-state index in [0.717, 1.165) is 17.1 Å². The molecule has 0 bridgehead atoms. The summed E-state index contributed by atoms with van der Waals surface area (Å²) in [6.45, 7) is 4.25. The Balaban J connectivity index is 1.75. The first-order valence-electron chi connectivity index (χ1n) is 7.33. The van der Waals surface area contributed by atoms with Crippen molar-refractivity contribution in [2.45, 2.75) is 20.4 Å². The molecular formula is C17H18N4O2. The van der Waals surface area contributed by atoms with Crippen molar-refractivity contribution in [2.75, 3.05) is 5.32 Å². The third-order valence-electron chi connectivity index (χ3n) is 3.39. The van der Waals surface area contributed by atoms with Gasteiger partial charge in [0.05, 0.1) is 29.9 Å². The number of urea groups is 1. The minimum Gasteiger partial charge on any atom is -0.467 e. The number of hydrogen-bond acceptors (Lipinski definition) is 3. The van der Waals surface area contributed by atoms with Crippen LogP contribution in [-0.4, -0.2) is 15.8 Å². The summed E-state index contributed by atoms with van der Waals surface area (Å²) in [5.74, 6) is 0.701. The van der Waals surface area contributed by atoms with Gasteiger partial charge in [-0.1, -0.05) is 12.1 Å². The minimum atomic E-state index is -0.296. The van der Waals surface area contributed by atoms with E-state index in [1.807, 2.05) is 54.9 Å². The zero-order valence-electron chi connectivity index (χ0n) is 13.0. The van der Waals surface area contributed by atoms with Crippen LogP contribution >= 0.6 is 0 Å². The average molecular weight is 310 g/mol. The lowest BCUT2D eigenvalue weighted by molar-refractivity contribution is 0.251. The Morgan fingerprint density at radius 1 is 1.22 bits per heavy atom. The second-order valence-corrected chi connectivity index (χ2v) is 5.24. The third kappa shape index (κ3) is 3.42. The topological polar surface area (TPSA) is 72.1 Å². The molecule has 0 radical (unpaired) electrons. The molecule has 0 unspecified atom stereocenters. The van der Waals surface area contributed by atoms with Gasteiger partial charge in [-0.05, 0) is 44.2 Å². The molecule has 0 aliphatic heterocycles. The van der Waals surface area contributed by atoms with Crippen LogP contribution in [0.5, 0.6) is 0 Å². The molecule has 0 spiro atoms. The molecule has 2 aromatic heterocycles. The Bertz CT molecular complexity index is 806. The fourth-order valence-corrected chi connectivity index (χ4v) is 2.38. The van der Waals surface area contributed by atoms with Crippen molar-refractivity contribution in [3.63, 3.8) is 0 Å². The second kappa shape index (κ2) is 6.39. The number of nitrogens with one attached hydrogen (secondary N) is 2. The van der Waals surface area contributed by atoms with Crippen LogP contribution < -0.4 is 10.6 Å². The highest BCUT2D eigenvalue weighted by Gasteiger charge is 2.11. The molecule has 0 saturated carbocycles. The van der Waals surface area contributed by atoms with E-state index >= 15 is 0 Å². The van der Waals surface area contributed by atoms with E-state index in [1.165, 1.54) is 0 Å². The minimum absolute atomic E-state index is 0.296. The predicted octanol–water partition coefficient (Wildman–Crippen LogP) is 3.40. The van der Waals surface area contributed by atoms with Gasteiger partial charge in [0.25, 0.3) is 0 Å². The first-order valence-corrected chi connectivity index (χ1v) is 7.33. The molecule has 23 heavy (non-hydrogen) atoms. The molecule has 0 saturated heterocycles. The molecular weight excluding hydrogens is 292 g/mol. The van der Waals surface area contributed by atoms with Crippen molar-refractivity contribution in [2.24, 2.45) is 0 Å². The van der Waals surface area contributed by atoms with Gasteiger partial charge < -0.3 is 15.1 Å². The van der Waals surface area contributed by atoms with Gasteiger partial charge in [0, 0.05) is 5.69 Å². The van der Waals surface area contributed by atoms with Crippen LogP contribution in [0.25, 0.3) is 5.69 Å². The van der Waals surface area contributed by atoms with Gasteiger partial charge in [0.2, 0.25) is 0 Å². The Morgan fingerprint density at radius 3 is 2.74 bits per heavy atom. The normalized spacial score (nSPS) is 10.5. The molecule has 3 rings (SSSR count). The number of nitrogens with zero attached hydrogens (tertiary/aromatic N) is 2. The van der Waals surface area contributed by atoms with Gasteiger partial charge in [0.1, 0.15) is 5.76 Å². The van der Waals surface area contributed by atoms with Gasteiger partial charge in [-0.25, -0.2) is 9.48 Å². The number of carbonyl (C=O) groups excluding carboxylic acids is 1. The molecule has 0 aliphatic carbocycles. The number of amides is 2. The predicted molar refractivity (Wildman–Crippen MR) is 87.6 cm³/mol. The molecule has 6 nitrogen and oxygen atoms in total. The smallest absolute Gasteiger partial charge is 0.319 e. The lowest BCUT2D eigenvalue weighted by Gasteiger charge is -2.12. The summed E-state index contributed by atoms with van der Waals surface area (Å²) in [4.78, 5) is 12.1. The number of rotatable bonds is 4. The third-order valence-corrected chi connectivity index (χ3v) is 3.39. The summed E-state index contributed by atoms with van der Waals surface area (Å²) in [6.07, 6.45) is 1.58. The van der Waals surface area contributed by atoms with Crippen LogP contribution in [0.4, 0.5) is 10.5 Å². The fourth-order valence-electron chi connectivity index (χ4n) is 2.38. The average Bonchev–Trinajstić information content (AvgIpc) is 3.15. The van der Waals surface area contributed by atoms with Gasteiger partial charge in [-0.15, -0.1) is 0 Å². The number of hydrogen-bond donors (Lipinski definition) is 2. The van der Waals surface area contributed by atoms with Gasteiger partial charge >= 0.3 is 6.03 Å². The van der Waals surface area contributed by atoms with Crippen molar-refractivity contribution in [1.29, 1.82) is 0 Å². The number of furan rings is 1. The highest BCUT2D eigenvalue weighted by Crippen LogP contribution is 2.21. The molecule has 2 heterocycles. The summed E-state index contributed by atoms with van der Waals surface area (Å²) < 4.78 is 7.01. The largest absolute Gasteiger partial charge is 0.467 e. The quantitative estimate of drug-likeness (QED) is 0.775. The van der Waals surface area contributed by atoms with E-state index in [2.05, 4.69) is 15.7 Å². The van der Waals surface area contributed by atoms with E-state index in [4.69, 9.17) is 4.42 Å². The highest BCUT2D eigenvalue weighted by molar-refractivity contribution is 5.91.